The van der Waals surface area contributed by atoms with Crippen LogP contribution in [0.3, 0.4) is 0 Å². The number of hydrogen-bond donors (Lipinski definition) is 1. The van der Waals surface area contributed by atoms with Crippen molar-refractivity contribution < 1.29 is 9.47 Å². The quantitative estimate of drug-likeness (QED) is 0.692. The van der Waals surface area contributed by atoms with Gasteiger partial charge in [0.15, 0.2) is 0 Å². The summed E-state index contributed by atoms with van der Waals surface area (Å²) in [7, 11) is 3.32. The number of nitrogens with one attached hydrogen (secondary N) is 1. The van der Waals surface area contributed by atoms with Crippen molar-refractivity contribution in [1.82, 2.24) is 14.8 Å². The molecule has 1 aliphatic rings. The largest absolute Gasteiger partial charge is 0.497 e. The fourth-order valence-electron chi connectivity index (χ4n) is 3.41. The van der Waals surface area contributed by atoms with E-state index in [0.717, 1.165) is 33.9 Å². The maximum Gasteiger partial charge on any atom is 0.222 e. The van der Waals surface area contributed by atoms with Gasteiger partial charge in [-0.3, -0.25) is 0 Å². The second-order valence-electron chi connectivity index (χ2n) is 6.14. The van der Waals surface area contributed by atoms with Crippen molar-refractivity contribution in [3.63, 3.8) is 0 Å². The SMILES string of the molecule is COc1ccc(C2CC(c3cccc(Br)c3)Nc3ncnn32)c(OC)c1. The Morgan fingerprint density at radius 1 is 1.15 bits per heavy atom. The first-order valence-corrected chi connectivity index (χ1v) is 9.12. The van der Waals surface area contributed by atoms with Crippen LogP contribution in [0.25, 0.3) is 0 Å². The van der Waals surface area contributed by atoms with E-state index in [-0.39, 0.29) is 12.1 Å². The Morgan fingerprint density at radius 2 is 2.04 bits per heavy atom. The third-order valence-electron chi connectivity index (χ3n) is 4.68. The van der Waals surface area contributed by atoms with Crippen LogP contribution in [0, 0.1) is 0 Å². The fraction of sp³-hybridized carbons (Fsp3) is 0.263. The summed E-state index contributed by atoms with van der Waals surface area (Å²) in [5, 5.41) is 7.91. The van der Waals surface area contributed by atoms with Crippen molar-refractivity contribution in [2.45, 2.75) is 18.5 Å². The van der Waals surface area contributed by atoms with Gasteiger partial charge in [-0.2, -0.15) is 10.1 Å². The lowest BCUT2D eigenvalue weighted by molar-refractivity contribution is 0.371. The average Bonchev–Trinajstić information content (AvgIpc) is 3.15. The van der Waals surface area contributed by atoms with Crippen LogP contribution in [-0.4, -0.2) is 29.0 Å². The highest BCUT2D eigenvalue weighted by Gasteiger charge is 2.31. The molecule has 6 nitrogen and oxygen atoms in total. The number of rotatable bonds is 4. The zero-order chi connectivity index (χ0) is 18.1. The molecule has 1 N–H and O–H groups in total. The molecule has 3 aromatic rings. The number of aromatic nitrogens is 3. The van der Waals surface area contributed by atoms with E-state index < -0.39 is 0 Å². The first kappa shape index (κ1) is 16.9. The molecule has 7 heteroatoms. The lowest BCUT2D eigenvalue weighted by atomic mass is 9.93. The first-order chi connectivity index (χ1) is 12.7. The molecule has 1 aliphatic heterocycles. The average molecular weight is 415 g/mol. The molecule has 134 valence electrons. The van der Waals surface area contributed by atoms with E-state index in [4.69, 9.17) is 9.47 Å². The van der Waals surface area contributed by atoms with E-state index >= 15 is 0 Å². The number of hydrogen-bond acceptors (Lipinski definition) is 5. The normalized spacial score (nSPS) is 18.7. The molecule has 0 aliphatic carbocycles. The van der Waals surface area contributed by atoms with E-state index in [2.05, 4.69) is 43.5 Å². The molecule has 0 radical (unpaired) electrons. The van der Waals surface area contributed by atoms with Gasteiger partial charge in [0.05, 0.1) is 26.3 Å². The monoisotopic (exact) mass is 414 g/mol. The summed E-state index contributed by atoms with van der Waals surface area (Å²) >= 11 is 3.56. The number of benzene rings is 2. The van der Waals surface area contributed by atoms with Gasteiger partial charge in [-0.05, 0) is 36.2 Å². The summed E-state index contributed by atoms with van der Waals surface area (Å²) in [6.07, 6.45) is 2.41. The maximum atomic E-state index is 5.62. The van der Waals surface area contributed by atoms with Gasteiger partial charge < -0.3 is 14.8 Å². The maximum absolute atomic E-state index is 5.62. The Balaban J connectivity index is 1.76. The van der Waals surface area contributed by atoms with Crippen LogP contribution in [-0.2, 0) is 0 Å². The molecule has 26 heavy (non-hydrogen) atoms. The lowest BCUT2D eigenvalue weighted by Crippen LogP contribution is -2.28. The first-order valence-electron chi connectivity index (χ1n) is 8.33. The number of halogens is 1. The van der Waals surface area contributed by atoms with E-state index in [1.54, 1.807) is 20.5 Å². The molecule has 2 heterocycles. The molecular formula is C19H19BrN4O2. The van der Waals surface area contributed by atoms with Crippen molar-refractivity contribution in [2.75, 3.05) is 19.5 Å². The van der Waals surface area contributed by atoms with Gasteiger partial charge in [0.2, 0.25) is 5.95 Å². The van der Waals surface area contributed by atoms with Gasteiger partial charge in [0.1, 0.15) is 17.8 Å². The Kier molecular flexibility index (Phi) is 4.55. The van der Waals surface area contributed by atoms with E-state index in [1.165, 1.54) is 5.56 Å². The third kappa shape index (κ3) is 3.03. The Hall–Kier alpha value is -2.54. The second kappa shape index (κ2) is 6.99. The van der Waals surface area contributed by atoms with Crippen molar-refractivity contribution in [2.24, 2.45) is 0 Å². The van der Waals surface area contributed by atoms with E-state index in [1.807, 2.05) is 35.0 Å². The van der Waals surface area contributed by atoms with Gasteiger partial charge in [-0.25, -0.2) is 4.68 Å². The van der Waals surface area contributed by atoms with Gasteiger partial charge in [0, 0.05) is 16.1 Å². The number of ether oxygens (including phenoxy) is 2. The van der Waals surface area contributed by atoms with Gasteiger partial charge >= 0.3 is 0 Å². The van der Waals surface area contributed by atoms with Gasteiger partial charge in [-0.15, -0.1) is 0 Å². The highest BCUT2D eigenvalue weighted by molar-refractivity contribution is 9.10. The molecular weight excluding hydrogens is 396 g/mol. The van der Waals surface area contributed by atoms with Crippen molar-refractivity contribution >= 4 is 21.9 Å². The number of nitrogens with zero attached hydrogens (tertiary/aromatic N) is 3. The molecule has 4 rings (SSSR count). The third-order valence-corrected chi connectivity index (χ3v) is 5.17. The topological polar surface area (TPSA) is 61.2 Å². The predicted molar refractivity (Wildman–Crippen MR) is 103 cm³/mol. The van der Waals surface area contributed by atoms with Crippen LogP contribution < -0.4 is 14.8 Å². The van der Waals surface area contributed by atoms with Crippen LogP contribution in [0.2, 0.25) is 0 Å². The van der Waals surface area contributed by atoms with Crippen LogP contribution in [0.1, 0.15) is 29.6 Å². The zero-order valence-electron chi connectivity index (χ0n) is 14.5. The van der Waals surface area contributed by atoms with Crippen molar-refractivity contribution in [3.05, 3.63) is 64.4 Å². The van der Waals surface area contributed by atoms with Crippen LogP contribution in [0.15, 0.2) is 53.3 Å². The second-order valence-corrected chi connectivity index (χ2v) is 7.06. The molecule has 2 aromatic carbocycles. The molecule has 0 saturated heterocycles. The molecule has 0 bridgehead atoms. The molecule has 2 unspecified atom stereocenters. The molecule has 0 fully saturated rings. The zero-order valence-corrected chi connectivity index (χ0v) is 16.1. The fourth-order valence-corrected chi connectivity index (χ4v) is 3.83. The van der Waals surface area contributed by atoms with E-state index in [0.29, 0.717) is 0 Å². The van der Waals surface area contributed by atoms with Crippen LogP contribution >= 0.6 is 15.9 Å². The smallest absolute Gasteiger partial charge is 0.222 e. The summed E-state index contributed by atoms with van der Waals surface area (Å²) in [6, 6.07) is 14.4. The van der Waals surface area contributed by atoms with Crippen molar-refractivity contribution in [3.8, 4) is 11.5 Å². The minimum absolute atomic E-state index is 0.0126. The Labute approximate surface area is 160 Å². The Bertz CT molecular complexity index is 927. The minimum atomic E-state index is 0.0126. The van der Waals surface area contributed by atoms with Crippen molar-refractivity contribution in [1.29, 1.82) is 0 Å². The van der Waals surface area contributed by atoms with Gasteiger partial charge in [0.25, 0.3) is 0 Å². The summed E-state index contributed by atoms with van der Waals surface area (Å²) < 4.78 is 13.9. The molecule has 0 amide bonds. The summed E-state index contributed by atoms with van der Waals surface area (Å²) in [4.78, 5) is 4.38. The summed E-state index contributed by atoms with van der Waals surface area (Å²) in [5.41, 5.74) is 2.26. The number of fused-ring (bicyclic) bond motifs is 1. The van der Waals surface area contributed by atoms with Crippen LogP contribution in [0.5, 0.6) is 11.5 Å². The number of anilines is 1. The highest BCUT2D eigenvalue weighted by atomic mass is 79.9. The van der Waals surface area contributed by atoms with E-state index in [9.17, 15) is 0 Å². The lowest BCUT2D eigenvalue weighted by Gasteiger charge is -2.32. The Morgan fingerprint density at radius 3 is 2.81 bits per heavy atom. The molecule has 1 aromatic heterocycles. The molecule has 0 spiro atoms. The summed E-state index contributed by atoms with van der Waals surface area (Å²) in [5.74, 6) is 2.30. The predicted octanol–water partition coefficient (Wildman–Crippen LogP) is 4.20. The standard InChI is InChI=1S/C19H19BrN4O2/c1-25-14-6-7-15(18(9-14)26-2)17-10-16(12-4-3-5-13(20)8-12)23-19-21-11-22-24(17)19/h3-9,11,16-17H,10H2,1-2H3,(H,21,22,23). The highest BCUT2D eigenvalue weighted by Crippen LogP contribution is 2.41. The van der Waals surface area contributed by atoms with Gasteiger partial charge in [-0.1, -0.05) is 28.1 Å². The van der Waals surface area contributed by atoms with Crippen LogP contribution in [0.4, 0.5) is 5.95 Å². The number of methoxy groups -OCH3 is 2. The minimum Gasteiger partial charge on any atom is -0.497 e. The molecule has 0 saturated carbocycles. The molecule has 2 atom stereocenters. The summed E-state index contributed by atoms with van der Waals surface area (Å²) in [6.45, 7) is 0.